The number of nitrogens with one attached hydrogen (secondary N) is 2. The maximum atomic E-state index is 11.9. The van der Waals surface area contributed by atoms with Crippen LogP contribution in [0.15, 0.2) is 27.8 Å². The zero-order valence-corrected chi connectivity index (χ0v) is 11.6. The van der Waals surface area contributed by atoms with E-state index >= 15 is 0 Å². The third kappa shape index (κ3) is 3.18. The third-order valence-corrected chi connectivity index (χ3v) is 3.27. The second-order valence-electron chi connectivity index (χ2n) is 3.97. The van der Waals surface area contributed by atoms with Crippen LogP contribution in [0, 0.1) is 10.1 Å². The molecule has 2 N–H and O–H groups in total. The molecule has 2 rings (SSSR count). The normalized spacial score (nSPS) is 14.2. The van der Waals surface area contributed by atoms with E-state index in [0.29, 0.717) is 4.47 Å². The number of anilines is 1. The monoisotopic (exact) mass is 340 g/mol. The van der Waals surface area contributed by atoms with Gasteiger partial charge in [0.25, 0.3) is 11.6 Å². The Morgan fingerprint density at radius 1 is 1.45 bits per heavy atom. The van der Waals surface area contributed by atoms with E-state index in [-0.39, 0.29) is 35.8 Å². The van der Waals surface area contributed by atoms with Crippen LogP contribution in [0.3, 0.4) is 0 Å². The average Bonchev–Trinajstić information content (AvgIpc) is 2.41. The lowest BCUT2D eigenvalue weighted by Crippen LogP contribution is -2.32. The lowest BCUT2D eigenvalue weighted by molar-refractivity contribution is -0.384. The number of nitrogens with zero attached hydrogens (tertiary/aromatic N) is 2. The van der Waals surface area contributed by atoms with Gasteiger partial charge in [0.15, 0.2) is 0 Å². The fourth-order valence-electron chi connectivity index (χ4n) is 1.55. The largest absolute Gasteiger partial charge is 0.320 e. The quantitative estimate of drug-likeness (QED) is 0.641. The molecule has 20 heavy (non-hydrogen) atoms. The Morgan fingerprint density at radius 3 is 2.80 bits per heavy atom. The summed E-state index contributed by atoms with van der Waals surface area (Å²) >= 11 is 3.19. The van der Waals surface area contributed by atoms with Crippen molar-refractivity contribution in [2.45, 2.75) is 12.8 Å². The second kappa shape index (κ2) is 5.78. The molecule has 8 nitrogen and oxygen atoms in total. The Kier molecular flexibility index (Phi) is 4.08. The van der Waals surface area contributed by atoms with E-state index in [9.17, 15) is 19.7 Å². The molecule has 0 fully saturated rings. The van der Waals surface area contributed by atoms with E-state index in [1.54, 1.807) is 0 Å². The Labute approximate surface area is 121 Å². The first kappa shape index (κ1) is 14.1. The Hall–Kier alpha value is -2.29. The smallest absolute Gasteiger partial charge is 0.271 e. The van der Waals surface area contributed by atoms with Crippen LogP contribution in [-0.4, -0.2) is 22.4 Å². The first-order chi connectivity index (χ1) is 9.47. The average molecular weight is 341 g/mol. The number of carbonyl (C=O) groups excluding carboxylic acids is 2. The number of benzene rings is 1. The molecule has 1 heterocycles. The molecule has 0 spiro atoms. The lowest BCUT2D eigenvalue weighted by Gasteiger charge is -2.12. The fraction of sp³-hybridized carbons (Fsp3) is 0.182. The number of rotatable bonds is 3. The molecule has 1 aliphatic heterocycles. The summed E-state index contributed by atoms with van der Waals surface area (Å²) in [6, 6.07) is 4.03. The molecular formula is C11H9BrN4O4. The van der Waals surface area contributed by atoms with Crippen molar-refractivity contribution in [3.05, 3.63) is 32.8 Å². The number of hydrogen-bond donors (Lipinski definition) is 2. The zero-order valence-electron chi connectivity index (χ0n) is 10.1. The number of nitro groups is 1. The van der Waals surface area contributed by atoms with Crippen molar-refractivity contribution in [3.63, 3.8) is 0 Å². The van der Waals surface area contributed by atoms with Crippen molar-refractivity contribution < 1.29 is 14.5 Å². The molecule has 0 radical (unpaired) electrons. The van der Waals surface area contributed by atoms with Crippen molar-refractivity contribution in [1.29, 1.82) is 0 Å². The van der Waals surface area contributed by atoms with Crippen LogP contribution in [0.5, 0.6) is 0 Å². The van der Waals surface area contributed by atoms with Gasteiger partial charge in [-0.1, -0.05) is 0 Å². The van der Waals surface area contributed by atoms with E-state index in [4.69, 9.17) is 0 Å². The summed E-state index contributed by atoms with van der Waals surface area (Å²) in [5, 5.41) is 16.9. The van der Waals surface area contributed by atoms with Crippen LogP contribution in [0.1, 0.15) is 12.8 Å². The molecule has 2 amide bonds. The van der Waals surface area contributed by atoms with Gasteiger partial charge in [0.1, 0.15) is 5.71 Å². The summed E-state index contributed by atoms with van der Waals surface area (Å²) in [6.45, 7) is 0. The van der Waals surface area contributed by atoms with Crippen molar-refractivity contribution in [2.75, 3.05) is 5.32 Å². The topological polar surface area (TPSA) is 114 Å². The van der Waals surface area contributed by atoms with Gasteiger partial charge in [0.05, 0.1) is 10.6 Å². The Morgan fingerprint density at radius 2 is 2.20 bits per heavy atom. The minimum Gasteiger partial charge on any atom is -0.320 e. The van der Waals surface area contributed by atoms with Crippen molar-refractivity contribution in [2.24, 2.45) is 5.10 Å². The first-order valence-corrected chi connectivity index (χ1v) is 6.37. The maximum absolute atomic E-state index is 11.9. The number of halogens is 1. The van der Waals surface area contributed by atoms with E-state index in [2.05, 4.69) is 31.8 Å². The number of hydrogen-bond acceptors (Lipinski definition) is 5. The number of carbonyl (C=O) groups is 2. The predicted octanol–water partition coefficient (Wildman–Crippen LogP) is 1.56. The molecular weight excluding hydrogens is 332 g/mol. The molecule has 0 atom stereocenters. The van der Waals surface area contributed by atoms with Crippen LogP contribution in [0.25, 0.3) is 0 Å². The van der Waals surface area contributed by atoms with E-state index in [1.165, 1.54) is 18.2 Å². The highest BCUT2D eigenvalue weighted by atomic mass is 79.9. The van der Waals surface area contributed by atoms with Gasteiger partial charge >= 0.3 is 0 Å². The van der Waals surface area contributed by atoms with Crippen molar-refractivity contribution in [3.8, 4) is 0 Å². The summed E-state index contributed by atoms with van der Waals surface area (Å²) in [4.78, 5) is 33.0. The molecule has 1 aromatic rings. The molecule has 0 unspecified atom stereocenters. The van der Waals surface area contributed by atoms with Crippen molar-refractivity contribution in [1.82, 2.24) is 5.43 Å². The zero-order chi connectivity index (χ0) is 14.7. The first-order valence-electron chi connectivity index (χ1n) is 5.58. The number of non-ortho nitro benzene ring substituents is 1. The van der Waals surface area contributed by atoms with E-state index < -0.39 is 10.8 Å². The van der Waals surface area contributed by atoms with Crippen LogP contribution in [0.2, 0.25) is 0 Å². The van der Waals surface area contributed by atoms with Gasteiger partial charge in [0.2, 0.25) is 5.91 Å². The van der Waals surface area contributed by atoms with Gasteiger partial charge in [-0.2, -0.15) is 5.10 Å². The van der Waals surface area contributed by atoms with Gasteiger partial charge in [-0.25, -0.2) is 5.43 Å². The SMILES string of the molecule is O=C1CCC(C(=O)Nc2cc([N+](=O)[O-])ccc2Br)=NN1. The molecule has 0 bridgehead atoms. The third-order valence-electron chi connectivity index (χ3n) is 2.58. The number of nitro benzene ring substituents is 1. The molecule has 0 saturated carbocycles. The molecule has 104 valence electrons. The molecule has 0 saturated heterocycles. The van der Waals surface area contributed by atoms with E-state index in [0.717, 1.165) is 0 Å². The molecule has 0 aliphatic carbocycles. The van der Waals surface area contributed by atoms with Gasteiger partial charge in [0, 0.05) is 29.4 Å². The minimum absolute atomic E-state index is 0.137. The Bertz CT molecular complexity index is 629. The fourth-order valence-corrected chi connectivity index (χ4v) is 1.90. The highest BCUT2D eigenvalue weighted by Crippen LogP contribution is 2.27. The van der Waals surface area contributed by atoms with E-state index in [1.807, 2.05) is 0 Å². The second-order valence-corrected chi connectivity index (χ2v) is 4.82. The summed E-state index contributed by atoms with van der Waals surface area (Å²) in [5.41, 5.74) is 2.51. The number of hydrazone groups is 1. The van der Waals surface area contributed by atoms with Gasteiger partial charge in [-0.3, -0.25) is 19.7 Å². The molecule has 1 aromatic carbocycles. The van der Waals surface area contributed by atoms with Crippen molar-refractivity contribution >= 4 is 44.8 Å². The minimum atomic E-state index is -0.555. The highest BCUT2D eigenvalue weighted by molar-refractivity contribution is 9.10. The predicted molar refractivity (Wildman–Crippen MR) is 74.2 cm³/mol. The summed E-state index contributed by atoms with van der Waals surface area (Å²) in [7, 11) is 0. The van der Waals surface area contributed by atoms with Gasteiger partial charge < -0.3 is 5.32 Å². The molecule has 9 heteroatoms. The van der Waals surface area contributed by atoms with Gasteiger partial charge in [-0.15, -0.1) is 0 Å². The summed E-state index contributed by atoms with van der Waals surface area (Å²) < 4.78 is 0.511. The van der Waals surface area contributed by atoms with Crippen LogP contribution >= 0.6 is 15.9 Å². The number of amides is 2. The van der Waals surface area contributed by atoms with Crippen LogP contribution < -0.4 is 10.7 Å². The van der Waals surface area contributed by atoms with Crippen LogP contribution in [-0.2, 0) is 9.59 Å². The van der Waals surface area contributed by atoms with Gasteiger partial charge in [-0.05, 0) is 22.0 Å². The molecule has 1 aliphatic rings. The maximum Gasteiger partial charge on any atom is 0.271 e. The molecule has 0 aromatic heterocycles. The summed E-state index contributed by atoms with van der Waals surface area (Å²) in [5.74, 6) is -0.760. The highest BCUT2D eigenvalue weighted by Gasteiger charge is 2.20. The standard InChI is InChI=1S/C11H9BrN4O4/c12-7-2-1-6(16(19)20)5-9(7)13-11(18)8-3-4-10(17)15-14-8/h1-2,5H,3-4H2,(H,13,18)(H,15,17). The lowest BCUT2D eigenvalue weighted by atomic mass is 10.1. The van der Waals surface area contributed by atoms with Crippen LogP contribution in [0.4, 0.5) is 11.4 Å². The summed E-state index contributed by atoms with van der Waals surface area (Å²) in [6.07, 6.45) is 0.409. The Balaban J connectivity index is 2.17.